The van der Waals surface area contributed by atoms with Crippen LogP contribution >= 0.6 is 11.8 Å². The Labute approximate surface area is 99.4 Å². The molecule has 0 radical (unpaired) electrons. The maximum Gasteiger partial charge on any atom is 0.286 e. The lowest BCUT2D eigenvalue weighted by Crippen LogP contribution is -2.30. The Bertz CT molecular complexity index is 564. The van der Waals surface area contributed by atoms with Crippen molar-refractivity contribution in [1.29, 1.82) is 0 Å². The van der Waals surface area contributed by atoms with Crippen molar-refractivity contribution in [2.75, 3.05) is 18.2 Å². The first kappa shape index (κ1) is 11.5. The van der Waals surface area contributed by atoms with Gasteiger partial charge in [-0.25, -0.2) is 0 Å². The molecule has 0 bridgehead atoms. The summed E-state index contributed by atoms with van der Waals surface area (Å²) in [5.74, 6) is 0. The number of benzene rings is 1. The first-order valence-electron chi connectivity index (χ1n) is 4.69. The molecule has 0 fully saturated rings. The quantitative estimate of drug-likeness (QED) is 0.711. The molecular weight excluding hydrogens is 244 g/mol. The van der Waals surface area contributed by atoms with Crippen molar-refractivity contribution in [2.24, 2.45) is 4.40 Å². The second kappa shape index (κ2) is 3.78. The fourth-order valence-electron chi connectivity index (χ4n) is 1.75. The van der Waals surface area contributed by atoms with Gasteiger partial charge in [-0.15, -0.1) is 4.40 Å². The molecule has 0 N–H and O–H groups in total. The monoisotopic (exact) mass is 256 g/mol. The number of rotatable bonds is 0. The van der Waals surface area contributed by atoms with Gasteiger partial charge in [-0.2, -0.15) is 8.42 Å². The Hall–Kier alpha value is -1.01. The van der Waals surface area contributed by atoms with Crippen molar-refractivity contribution in [3.63, 3.8) is 0 Å². The first-order chi connectivity index (χ1) is 7.47. The fourth-order valence-corrected chi connectivity index (χ4v) is 3.93. The summed E-state index contributed by atoms with van der Waals surface area (Å²) < 4.78 is 27.6. The summed E-state index contributed by atoms with van der Waals surface area (Å²) in [6.45, 7) is 1.90. The third-order valence-electron chi connectivity index (χ3n) is 2.48. The molecule has 0 amide bonds. The highest BCUT2D eigenvalue weighted by molar-refractivity contribution is 8.14. The highest BCUT2D eigenvalue weighted by Crippen LogP contribution is 2.34. The number of nitrogens with zero attached hydrogens (tertiary/aromatic N) is 2. The Kier molecular flexibility index (Phi) is 2.71. The SMILES string of the molecule is CSC1=NS(=O)(=O)c2cccc(C)c2N1C. The summed E-state index contributed by atoms with van der Waals surface area (Å²) in [6, 6.07) is 5.22. The van der Waals surface area contributed by atoms with E-state index in [9.17, 15) is 8.42 Å². The van der Waals surface area contributed by atoms with Gasteiger partial charge in [0.05, 0.1) is 5.69 Å². The highest BCUT2D eigenvalue weighted by atomic mass is 32.2. The second-order valence-corrected chi connectivity index (χ2v) is 5.88. The molecule has 6 heteroatoms. The van der Waals surface area contributed by atoms with Crippen molar-refractivity contribution in [1.82, 2.24) is 0 Å². The van der Waals surface area contributed by atoms with Gasteiger partial charge in [-0.3, -0.25) is 0 Å². The summed E-state index contributed by atoms with van der Waals surface area (Å²) in [7, 11) is -1.70. The highest BCUT2D eigenvalue weighted by Gasteiger charge is 2.29. The molecule has 1 aromatic rings. The zero-order valence-electron chi connectivity index (χ0n) is 9.26. The van der Waals surface area contributed by atoms with E-state index in [1.165, 1.54) is 11.8 Å². The van der Waals surface area contributed by atoms with E-state index in [1.54, 1.807) is 12.1 Å². The van der Waals surface area contributed by atoms with Gasteiger partial charge >= 0.3 is 0 Å². The van der Waals surface area contributed by atoms with Crippen LogP contribution in [0.2, 0.25) is 0 Å². The maximum atomic E-state index is 11.9. The number of hydrogen-bond acceptors (Lipinski definition) is 4. The minimum Gasteiger partial charge on any atom is -0.322 e. The van der Waals surface area contributed by atoms with Crippen molar-refractivity contribution < 1.29 is 8.42 Å². The zero-order valence-corrected chi connectivity index (χ0v) is 10.9. The molecule has 16 heavy (non-hydrogen) atoms. The van der Waals surface area contributed by atoms with Crippen LogP contribution in [0.5, 0.6) is 0 Å². The predicted octanol–water partition coefficient (Wildman–Crippen LogP) is 1.85. The Morgan fingerprint density at radius 3 is 2.69 bits per heavy atom. The molecule has 2 rings (SSSR count). The lowest BCUT2D eigenvalue weighted by atomic mass is 10.2. The third kappa shape index (κ3) is 1.62. The van der Waals surface area contributed by atoms with Crippen LogP contribution in [0.4, 0.5) is 5.69 Å². The first-order valence-corrected chi connectivity index (χ1v) is 7.36. The van der Waals surface area contributed by atoms with Crippen LogP contribution < -0.4 is 4.90 Å². The van der Waals surface area contributed by atoms with Gasteiger partial charge in [-0.1, -0.05) is 23.9 Å². The van der Waals surface area contributed by atoms with Crippen LogP contribution in [0, 0.1) is 6.92 Å². The standard InChI is InChI=1S/C10H12N2O2S2/c1-7-5-4-6-8-9(7)12(2)10(15-3)11-16(8,13)14/h4-6H,1-3H3. The summed E-state index contributed by atoms with van der Waals surface area (Å²) >= 11 is 1.33. The molecule has 4 nitrogen and oxygen atoms in total. The number of thioether (sulfide) groups is 1. The average Bonchev–Trinajstić information content (AvgIpc) is 2.23. The molecule has 0 atom stereocenters. The zero-order chi connectivity index (χ0) is 11.9. The summed E-state index contributed by atoms with van der Waals surface area (Å²) in [5.41, 5.74) is 1.66. The number of amidine groups is 1. The van der Waals surface area contributed by atoms with Crippen LogP contribution in [-0.4, -0.2) is 26.9 Å². The van der Waals surface area contributed by atoms with Gasteiger partial charge in [0.25, 0.3) is 10.0 Å². The Morgan fingerprint density at radius 1 is 1.38 bits per heavy atom. The second-order valence-electron chi connectivity index (χ2n) is 3.53. The summed E-state index contributed by atoms with van der Waals surface area (Å²) in [4.78, 5) is 2.10. The number of fused-ring (bicyclic) bond motifs is 1. The molecule has 1 aliphatic rings. The van der Waals surface area contributed by atoms with E-state index in [-0.39, 0.29) is 4.90 Å². The van der Waals surface area contributed by atoms with E-state index in [4.69, 9.17) is 0 Å². The van der Waals surface area contributed by atoms with Crippen LogP contribution in [0.3, 0.4) is 0 Å². The normalized spacial score (nSPS) is 17.9. The van der Waals surface area contributed by atoms with Gasteiger partial charge in [-0.05, 0) is 24.8 Å². The molecule has 0 saturated carbocycles. The molecule has 0 unspecified atom stereocenters. The minimum absolute atomic E-state index is 0.285. The van der Waals surface area contributed by atoms with Gasteiger partial charge in [0, 0.05) is 7.05 Å². The van der Waals surface area contributed by atoms with Gasteiger partial charge in [0.2, 0.25) is 0 Å². The number of aryl methyl sites for hydroxylation is 1. The van der Waals surface area contributed by atoms with Crippen molar-refractivity contribution >= 4 is 32.6 Å². The number of hydrogen-bond donors (Lipinski definition) is 0. The number of para-hydroxylation sites is 1. The molecule has 0 spiro atoms. The summed E-state index contributed by atoms with van der Waals surface area (Å²) in [6.07, 6.45) is 1.81. The average molecular weight is 256 g/mol. The van der Waals surface area contributed by atoms with E-state index in [2.05, 4.69) is 4.40 Å². The predicted molar refractivity (Wildman–Crippen MR) is 67.7 cm³/mol. The van der Waals surface area contributed by atoms with E-state index < -0.39 is 10.0 Å². The van der Waals surface area contributed by atoms with Crippen molar-refractivity contribution in [2.45, 2.75) is 11.8 Å². The summed E-state index contributed by atoms with van der Waals surface area (Å²) in [5, 5.41) is 0.502. The molecule has 86 valence electrons. The minimum atomic E-state index is -3.53. The fraction of sp³-hybridized carbons (Fsp3) is 0.300. The molecule has 0 aromatic heterocycles. The Morgan fingerprint density at radius 2 is 2.06 bits per heavy atom. The maximum absolute atomic E-state index is 11.9. The number of anilines is 1. The van der Waals surface area contributed by atoms with Crippen molar-refractivity contribution in [3.8, 4) is 0 Å². The van der Waals surface area contributed by atoms with E-state index in [0.717, 1.165) is 11.3 Å². The van der Waals surface area contributed by atoms with Crippen LogP contribution in [0.15, 0.2) is 27.5 Å². The van der Waals surface area contributed by atoms with Gasteiger partial charge < -0.3 is 4.90 Å². The molecule has 1 aromatic carbocycles. The van der Waals surface area contributed by atoms with Gasteiger partial charge in [0.15, 0.2) is 5.17 Å². The smallest absolute Gasteiger partial charge is 0.286 e. The molecule has 1 aliphatic heterocycles. The lowest BCUT2D eigenvalue weighted by Gasteiger charge is -2.27. The molecular formula is C10H12N2O2S2. The molecule has 0 saturated heterocycles. The van der Waals surface area contributed by atoms with E-state index >= 15 is 0 Å². The van der Waals surface area contributed by atoms with Crippen LogP contribution in [-0.2, 0) is 10.0 Å². The number of sulfonamides is 1. The topological polar surface area (TPSA) is 49.7 Å². The molecule has 0 aliphatic carbocycles. The lowest BCUT2D eigenvalue weighted by molar-refractivity contribution is 0.597. The van der Waals surface area contributed by atoms with Crippen molar-refractivity contribution in [3.05, 3.63) is 23.8 Å². The largest absolute Gasteiger partial charge is 0.322 e. The van der Waals surface area contributed by atoms with Crippen LogP contribution in [0.25, 0.3) is 0 Å². The third-order valence-corrected chi connectivity index (χ3v) is 4.63. The van der Waals surface area contributed by atoms with Gasteiger partial charge in [0.1, 0.15) is 4.90 Å². The van der Waals surface area contributed by atoms with E-state index in [0.29, 0.717) is 5.17 Å². The van der Waals surface area contributed by atoms with Crippen LogP contribution in [0.1, 0.15) is 5.56 Å². The Balaban J connectivity index is 2.77. The van der Waals surface area contributed by atoms with E-state index in [1.807, 2.05) is 31.2 Å². The molecule has 1 heterocycles.